The van der Waals surface area contributed by atoms with Gasteiger partial charge in [0.05, 0.1) is 55.2 Å². The Balaban J connectivity index is 3.03. The minimum absolute atomic E-state index is 0.0116. The molecule has 0 aromatic heterocycles. The van der Waals surface area contributed by atoms with Crippen LogP contribution in [0.15, 0.2) is 29.2 Å². The van der Waals surface area contributed by atoms with Crippen LogP contribution in [0.25, 0.3) is 0 Å². The molecule has 0 bridgehead atoms. The second-order valence-corrected chi connectivity index (χ2v) is 35.6. The molecule has 1 aromatic rings. The van der Waals surface area contributed by atoms with E-state index in [1.54, 1.807) is 81.4 Å². The van der Waals surface area contributed by atoms with Crippen LogP contribution in [0.2, 0.25) is 0 Å². The Kier molecular flexibility index (Phi) is 39.9. The second-order valence-electron chi connectivity index (χ2n) is 34.0. The number of hydrogen-bond donors (Lipinski definition) is 3. The summed E-state index contributed by atoms with van der Waals surface area (Å²) in [5.41, 5.74) is -0.362. The first-order chi connectivity index (χ1) is 49.9. The summed E-state index contributed by atoms with van der Waals surface area (Å²) in [5.74, 6) is -16.6. The van der Waals surface area contributed by atoms with E-state index in [4.69, 9.17) is 8.92 Å². The number of esters is 1. The summed E-state index contributed by atoms with van der Waals surface area (Å²) in [4.78, 5) is 198. The van der Waals surface area contributed by atoms with Gasteiger partial charge in [0.1, 0.15) is 29.7 Å². The third-order valence-corrected chi connectivity index (χ3v) is 23.0. The van der Waals surface area contributed by atoms with Crippen LogP contribution in [-0.4, -0.2) is 212 Å². The molecular formula is C82H137N7O18S. The van der Waals surface area contributed by atoms with Crippen molar-refractivity contribution in [1.82, 2.24) is 35.1 Å². The first kappa shape index (κ1) is 97.3. The molecule has 0 radical (unpaired) electrons. The smallest absolute Gasteiger partial charge is 0.306 e. The minimum atomic E-state index is -4.04. The standard InChI is InChI=1S/C82H137N7O18S/c1-27-63-68(92)40-55(16)66(90)45-62(82(19,20)46-85(21)79(101)61(51(10)11)44-71(95)106-26)67(91)43-60(50(8)9)80(102)87(23)64(38-48(4)5)69(93)41-56(17)75(97)83-57(18)77(99)86(22)65(39-49(6)7)70(94)42-58(37-47(2)3)78(100)88(24)72(52(12)13)81(103)89(25)73(76(98)84-63)74(96)54(15)31-29-28-30-36-107-108(104,105)59-34-32-53(14)33-35-59/h32-35,47-52,54-58,60-65,72-74,96H,27-31,36-46H2,1-26H3,(H,83,97)(H,84,98)/t54-,55+,56-,57-,58-,60+,61+,62-,63+,64+,65+,72+,73+,74-/m1/s1. The molecule has 0 spiro atoms. The van der Waals surface area contributed by atoms with E-state index in [2.05, 4.69) is 10.6 Å². The summed E-state index contributed by atoms with van der Waals surface area (Å²) in [7, 11) is 4.39. The van der Waals surface area contributed by atoms with Crippen molar-refractivity contribution in [3.05, 3.63) is 29.8 Å². The fraction of sp³-hybridized carbons (Fsp3) is 0.768. The van der Waals surface area contributed by atoms with Gasteiger partial charge in [0, 0.05) is 103 Å². The highest BCUT2D eigenvalue weighted by atomic mass is 32.2. The van der Waals surface area contributed by atoms with Crippen LogP contribution in [0.5, 0.6) is 0 Å². The van der Waals surface area contributed by atoms with Gasteiger partial charge < -0.3 is 45.0 Å². The summed E-state index contributed by atoms with van der Waals surface area (Å²) in [6, 6.07) is -1.45. The highest BCUT2D eigenvalue weighted by molar-refractivity contribution is 7.86. The number of hydrogen-bond acceptors (Lipinski definition) is 18. The van der Waals surface area contributed by atoms with Crippen LogP contribution < -0.4 is 10.6 Å². The first-order valence-electron chi connectivity index (χ1n) is 39.2. The molecule has 1 fully saturated rings. The fourth-order valence-corrected chi connectivity index (χ4v) is 15.7. The fourth-order valence-electron chi connectivity index (χ4n) is 14.7. The Morgan fingerprint density at radius 1 is 0.602 bits per heavy atom. The highest BCUT2D eigenvalue weighted by Gasteiger charge is 2.47. The zero-order chi connectivity index (χ0) is 83.1. The van der Waals surface area contributed by atoms with Gasteiger partial charge in [-0.15, -0.1) is 0 Å². The third-order valence-electron chi connectivity index (χ3n) is 21.6. The number of aryl methyl sites for hydroxylation is 1. The molecule has 7 amide bonds. The lowest BCUT2D eigenvalue weighted by Crippen LogP contribution is -2.62. The summed E-state index contributed by atoms with van der Waals surface area (Å²) in [6.07, 6.45) is -1.92. The zero-order valence-corrected chi connectivity index (χ0v) is 71.0. The Morgan fingerprint density at radius 2 is 1.12 bits per heavy atom. The van der Waals surface area contributed by atoms with Crippen LogP contribution in [0.1, 0.15) is 227 Å². The Bertz CT molecular complexity index is 3330. The van der Waals surface area contributed by atoms with E-state index in [1.807, 2.05) is 48.5 Å². The summed E-state index contributed by atoms with van der Waals surface area (Å²) in [6.45, 7) is 34.6. The lowest BCUT2D eigenvalue weighted by molar-refractivity contribution is -0.155. The van der Waals surface area contributed by atoms with E-state index in [-0.39, 0.29) is 93.1 Å². The van der Waals surface area contributed by atoms with Gasteiger partial charge in [0.25, 0.3) is 10.1 Å². The molecule has 0 aliphatic carbocycles. The highest BCUT2D eigenvalue weighted by Crippen LogP contribution is 2.38. The molecular weight excluding hydrogens is 1400 g/mol. The van der Waals surface area contributed by atoms with E-state index in [9.17, 15) is 51.9 Å². The number of nitrogens with zero attached hydrogens (tertiary/aromatic N) is 5. The number of nitrogens with one attached hydrogen (secondary N) is 2. The topological polar surface area (TPSA) is 335 Å². The summed E-state index contributed by atoms with van der Waals surface area (Å²) in [5, 5.41) is 18.1. The molecule has 1 saturated heterocycles. The van der Waals surface area contributed by atoms with Crippen LogP contribution >= 0.6 is 0 Å². The van der Waals surface area contributed by atoms with Crippen molar-refractivity contribution in [2.24, 2.45) is 82.3 Å². The number of rotatable bonds is 26. The molecule has 1 heterocycles. The number of unbranched alkanes of at least 4 members (excludes halogenated alkanes) is 2. The molecule has 14 atom stereocenters. The maximum atomic E-state index is 15.5. The molecule has 26 heteroatoms. The van der Waals surface area contributed by atoms with Gasteiger partial charge in [-0.25, -0.2) is 0 Å². The van der Waals surface area contributed by atoms with Crippen molar-refractivity contribution < 1.29 is 84.8 Å². The number of carbonyl (C=O) groups is 13. The zero-order valence-electron chi connectivity index (χ0n) is 70.2. The van der Waals surface area contributed by atoms with Gasteiger partial charge in [0.2, 0.25) is 41.4 Å². The largest absolute Gasteiger partial charge is 0.469 e. The number of methoxy groups -OCH3 is 1. The Morgan fingerprint density at radius 3 is 1.62 bits per heavy atom. The maximum absolute atomic E-state index is 15.5. The number of benzene rings is 1. The molecule has 2 rings (SSSR count). The van der Waals surface area contributed by atoms with Gasteiger partial charge in [-0.2, -0.15) is 8.42 Å². The quantitative estimate of drug-likeness (QED) is 0.0441. The van der Waals surface area contributed by atoms with E-state index in [0.29, 0.717) is 19.3 Å². The monoisotopic (exact) mass is 1540 g/mol. The number of carbonyl (C=O) groups excluding carboxylic acids is 13. The van der Waals surface area contributed by atoms with Gasteiger partial charge in [0.15, 0.2) is 17.3 Å². The third kappa shape index (κ3) is 28.8. The minimum Gasteiger partial charge on any atom is -0.469 e. The van der Waals surface area contributed by atoms with Crippen molar-refractivity contribution in [3.63, 3.8) is 0 Å². The lowest BCUT2D eigenvalue weighted by Gasteiger charge is -2.40. The van der Waals surface area contributed by atoms with Crippen LogP contribution in [0.3, 0.4) is 0 Å². The molecule has 108 heavy (non-hydrogen) atoms. The van der Waals surface area contributed by atoms with E-state index in [0.717, 1.165) is 10.5 Å². The average Bonchev–Trinajstić information content (AvgIpc) is 0.812. The number of amides is 7. The van der Waals surface area contributed by atoms with Crippen molar-refractivity contribution in [1.29, 1.82) is 0 Å². The van der Waals surface area contributed by atoms with E-state index < -0.39 is 207 Å². The molecule has 1 aliphatic heterocycles. The van der Waals surface area contributed by atoms with Crippen LogP contribution in [0, 0.1) is 89.3 Å². The van der Waals surface area contributed by atoms with Crippen molar-refractivity contribution >= 4 is 86.4 Å². The van der Waals surface area contributed by atoms with Gasteiger partial charge in [-0.1, -0.05) is 155 Å². The number of aliphatic hydroxyl groups excluding tert-OH is 1. The maximum Gasteiger partial charge on any atom is 0.306 e. The van der Waals surface area contributed by atoms with Gasteiger partial charge >= 0.3 is 5.97 Å². The lowest BCUT2D eigenvalue weighted by atomic mass is 9.70. The number of Topliss-reactive ketones (excluding diaryl/α,β-unsaturated/α-hetero) is 5. The Hall–Kier alpha value is -6.80. The SMILES string of the molecule is CC[C@@H]1NC(=O)[C@H]([C@H](O)[C@H](C)CCCCCOS(=O)(=O)c2ccc(C)cc2)N(C)C(=O)[C@H](C(C)C)N(C)C(=O)[C@H](CC(C)C)CC(=O)[C@H](CC(C)C)N(C)C(=O)[C@@H](C)NC(=O)[C@H](C)CC(=O)[C@H](CC(C)C)N(C)C(=O)[C@H](C(C)C)CC(=O)[C@H](C(C)(C)CN(C)C(=O)[C@@H](CC(=O)OC)C(C)C)CC(=O)[C@@H](C)CC1=O. The van der Waals surface area contributed by atoms with Crippen molar-refractivity contribution in [2.45, 2.75) is 276 Å². The molecule has 1 aliphatic rings. The van der Waals surface area contributed by atoms with Gasteiger partial charge in [-0.3, -0.25) is 66.5 Å². The average molecular weight is 1540 g/mol. The van der Waals surface area contributed by atoms with Crippen molar-refractivity contribution in [3.8, 4) is 0 Å². The molecule has 1 aromatic carbocycles. The van der Waals surface area contributed by atoms with Crippen LogP contribution in [-0.2, 0) is 81.4 Å². The number of ketones is 5. The first-order valence-corrected chi connectivity index (χ1v) is 40.6. The van der Waals surface area contributed by atoms with E-state index in [1.165, 1.54) is 94.9 Å². The molecule has 25 nitrogen and oxygen atoms in total. The molecule has 614 valence electrons. The number of ether oxygens (including phenoxy) is 1. The summed E-state index contributed by atoms with van der Waals surface area (Å²) >= 11 is 0. The van der Waals surface area contributed by atoms with Crippen molar-refractivity contribution in [2.75, 3.05) is 55.5 Å². The predicted octanol–water partition coefficient (Wildman–Crippen LogP) is 9.67. The normalized spacial score (nSPS) is 24.9. The van der Waals surface area contributed by atoms with E-state index >= 15 is 24.0 Å². The second kappa shape index (κ2) is 44.3. The molecule has 0 unspecified atom stereocenters. The number of aliphatic hydroxyl groups is 1. The van der Waals surface area contributed by atoms with Crippen LogP contribution in [0.4, 0.5) is 0 Å². The molecule has 0 saturated carbocycles. The Labute approximate surface area is 646 Å². The number of likely N-dealkylation sites (N-methyl/N-ethyl adjacent to an activating group) is 4. The summed E-state index contributed by atoms with van der Waals surface area (Å²) < 4.78 is 36.2. The molecule has 3 N–H and O–H groups in total. The van der Waals surface area contributed by atoms with Gasteiger partial charge in [-0.05, 0) is 111 Å². The predicted molar refractivity (Wildman–Crippen MR) is 415 cm³/mol.